The third-order valence-corrected chi connectivity index (χ3v) is 5.01. The Bertz CT molecular complexity index is 446. The van der Waals surface area contributed by atoms with Crippen molar-refractivity contribution in [2.24, 2.45) is 0 Å². The SMILES string of the molecule is CCC1NC(c2ccsc2)N(CCCN(C)C(C)C)C1=O. The third kappa shape index (κ3) is 3.84. The van der Waals surface area contributed by atoms with Crippen molar-refractivity contribution in [2.75, 3.05) is 20.1 Å². The molecule has 2 atom stereocenters. The van der Waals surface area contributed by atoms with E-state index in [1.807, 2.05) is 4.90 Å². The maximum atomic E-state index is 12.5. The Labute approximate surface area is 132 Å². The zero-order valence-corrected chi connectivity index (χ0v) is 14.3. The van der Waals surface area contributed by atoms with Gasteiger partial charge >= 0.3 is 0 Å². The summed E-state index contributed by atoms with van der Waals surface area (Å²) >= 11 is 1.68. The van der Waals surface area contributed by atoms with E-state index in [2.05, 4.69) is 54.9 Å². The normalized spacial score (nSPS) is 22.8. The summed E-state index contributed by atoms with van der Waals surface area (Å²) in [6, 6.07) is 2.63. The standard InChI is InChI=1S/C16H27N3OS/c1-5-14-16(20)19(9-6-8-18(4)12(2)3)15(17-14)13-7-10-21-11-13/h7,10-12,14-15,17H,5-6,8-9H2,1-4H3. The summed E-state index contributed by atoms with van der Waals surface area (Å²) in [7, 11) is 2.14. The van der Waals surface area contributed by atoms with Gasteiger partial charge < -0.3 is 9.80 Å². The van der Waals surface area contributed by atoms with Crippen LogP contribution in [0.1, 0.15) is 45.3 Å². The maximum absolute atomic E-state index is 12.5. The molecule has 0 aliphatic carbocycles. The third-order valence-electron chi connectivity index (χ3n) is 4.31. The van der Waals surface area contributed by atoms with Crippen molar-refractivity contribution >= 4 is 17.2 Å². The molecule has 1 aromatic heterocycles. The van der Waals surface area contributed by atoms with Gasteiger partial charge in [-0.1, -0.05) is 6.92 Å². The highest BCUT2D eigenvalue weighted by Gasteiger charge is 2.38. The van der Waals surface area contributed by atoms with Gasteiger partial charge in [0.1, 0.15) is 6.17 Å². The number of hydrogen-bond donors (Lipinski definition) is 1. The molecule has 4 nitrogen and oxygen atoms in total. The molecule has 1 aliphatic rings. The molecule has 0 saturated carbocycles. The molecular formula is C16H27N3OS. The molecule has 2 heterocycles. The fourth-order valence-electron chi connectivity index (χ4n) is 2.67. The fraction of sp³-hybridized carbons (Fsp3) is 0.688. The van der Waals surface area contributed by atoms with Crippen LogP contribution in [0.4, 0.5) is 0 Å². The smallest absolute Gasteiger partial charge is 0.241 e. The van der Waals surface area contributed by atoms with E-state index in [1.54, 1.807) is 11.3 Å². The lowest BCUT2D eigenvalue weighted by Gasteiger charge is -2.26. The Hall–Kier alpha value is -0.910. The van der Waals surface area contributed by atoms with E-state index in [4.69, 9.17) is 0 Å². The lowest BCUT2D eigenvalue weighted by Crippen LogP contribution is -2.35. The number of carbonyl (C=O) groups excluding carboxylic acids is 1. The summed E-state index contributed by atoms with van der Waals surface area (Å²) in [6.07, 6.45) is 1.92. The average molecular weight is 309 g/mol. The van der Waals surface area contributed by atoms with E-state index in [0.717, 1.165) is 25.9 Å². The van der Waals surface area contributed by atoms with Gasteiger partial charge in [0, 0.05) is 12.6 Å². The minimum absolute atomic E-state index is 0.0299. The molecule has 1 aliphatic heterocycles. The summed E-state index contributed by atoms with van der Waals surface area (Å²) in [6.45, 7) is 8.30. The minimum atomic E-state index is -0.0299. The Morgan fingerprint density at radius 2 is 2.24 bits per heavy atom. The molecule has 1 saturated heterocycles. The van der Waals surface area contributed by atoms with E-state index >= 15 is 0 Å². The molecule has 0 bridgehead atoms. The lowest BCUT2D eigenvalue weighted by atomic mass is 10.2. The van der Waals surface area contributed by atoms with E-state index in [0.29, 0.717) is 6.04 Å². The van der Waals surface area contributed by atoms with Gasteiger partial charge in [0.2, 0.25) is 5.91 Å². The van der Waals surface area contributed by atoms with Crippen molar-refractivity contribution in [1.29, 1.82) is 0 Å². The molecule has 0 radical (unpaired) electrons. The number of hydrogen-bond acceptors (Lipinski definition) is 4. The number of carbonyl (C=O) groups is 1. The van der Waals surface area contributed by atoms with Gasteiger partial charge in [-0.15, -0.1) is 0 Å². The van der Waals surface area contributed by atoms with Crippen molar-refractivity contribution in [3.63, 3.8) is 0 Å². The molecular weight excluding hydrogens is 282 g/mol. The van der Waals surface area contributed by atoms with Gasteiger partial charge in [-0.3, -0.25) is 10.1 Å². The topological polar surface area (TPSA) is 35.6 Å². The van der Waals surface area contributed by atoms with Crippen LogP contribution in [0.2, 0.25) is 0 Å². The molecule has 1 N–H and O–H groups in total. The Morgan fingerprint density at radius 3 is 2.81 bits per heavy atom. The number of amides is 1. The summed E-state index contributed by atoms with van der Waals surface area (Å²) in [5.41, 5.74) is 1.21. The van der Waals surface area contributed by atoms with Crippen LogP contribution in [-0.2, 0) is 4.79 Å². The van der Waals surface area contributed by atoms with Crippen LogP contribution in [0.3, 0.4) is 0 Å². The van der Waals surface area contributed by atoms with Crippen LogP contribution < -0.4 is 5.32 Å². The maximum Gasteiger partial charge on any atom is 0.241 e. The van der Waals surface area contributed by atoms with Gasteiger partial charge in [0.05, 0.1) is 6.04 Å². The van der Waals surface area contributed by atoms with Gasteiger partial charge in [-0.2, -0.15) is 11.3 Å². The highest BCUT2D eigenvalue weighted by atomic mass is 32.1. The lowest BCUT2D eigenvalue weighted by molar-refractivity contribution is -0.130. The van der Waals surface area contributed by atoms with Crippen LogP contribution in [-0.4, -0.2) is 47.9 Å². The quantitative estimate of drug-likeness (QED) is 0.841. The second kappa shape index (κ2) is 7.38. The Morgan fingerprint density at radius 1 is 1.48 bits per heavy atom. The van der Waals surface area contributed by atoms with Crippen LogP contribution in [0, 0.1) is 0 Å². The monoisotopic (exact) mass is 309 g/mol. The van der Waals surface area contributed by atoms with Gasteiger partial charge in [-0.25, -0.2) is 0 Å². The van der Waals surface area contributed by atoms with Crippen molar-refractivity contribution in [1.82, 2.24) is 15.1 Å². The van der Waals surface area contributed by atoms with Gasteiger partial charge in [0.25, 0.3) is 0 Å². The van der Waals surface area contributed by atoms with Gasteiger partial charge in [0.15, 0.2) is 0 Å². The predicted octanol–water partition coefficient (Wildman–Crippen LogP) is 2.69. The molecule has 0 aromatic carbocycles. The highest BCUT2D eigenvalue weighted by molar-refractivity contribution is 7.07. The first kappa shape index (κ1) is 16.5. The zero-order valence-electron chi connectivity index (χ0n) is 13.5. The molecule has 1 aromatic rings. The van der Waals surface area contributed by atoms with Crippen LogP contribution in [0.5, 0.6) is 0 Å². The van der Waals surface area contributed by atoms with Crippen molar-refractivity contribution in [3.8, 4) is 0 Å². The summed E-state index contributed by atoms with van der Waals surface area (Å²) in [5.74, 6) is 0.251. The van der Waals surface area contributed by atoms with Crippen molar-refractivity contribution < 1.29 is 4.79 Å². The largest absolute Gasteiger partial charge is 0.321 e. The van der Waals surface area contributed by atoms with E-state index in [-0.39, 0.29) is 18.1 Å². The van der Waals surface area contributed by atoms with E-state index in [9.17, 15) is 4.79 Å². The van der Waals surface area contributed by atoms with Crippen molar-refractivity contribution in [2.45, 2.75) is 51.9 Å². The molecule has 2 unspecified atom stereocenters. The zero-order chi connectivity index (χ0) is 15.4. The summed E-state index contributed by atoms with van der Waals surface area (Å²) < 4.78 is 0. The number of nitrogens with zero attached hydrogens (tertiary/aromatic N) is 2. The molecule has 5 heteroatoms. The first-order chi connectivity index (χ1) is 10.0. The minimum Gasteiger partial charge on any atom is -0.321 e. The number of thiophene rings is 1. The number of rotatable bonds is 7. The second-order valence-electron chi connectivity index (χ2n) is 6.05. The van der Waals surface area contributed by atoms with Crippen LogP contribution >= 0.6 is 11.3 Å². The van der Waals surface area contributed by atoms with E-state index < -0.39 is 0 Å². The second-order valence-corrected chi connectivity index (χ2v) is 6.83. The molecule has 1 fully saturated rings. The average Bonchev–Trinajstić information content (AvgIpc) is 3.07. The molecule has 1 amide bonds. The Balaban J connectivity index is 1.98. The Kier molecular flexibility index (Phi) is 5.79. The number of nitrogens with one attached hydrogen (secondary N) is 1. The molecule has 21 heavy (non-hydrogen) atoms. The van der Waals surface area contributed by atoms with E-state index in [1.165, 1.54) is 5.56 Å². The first-order valence-electron chi connectivity index (χ1n) is 7.83. The van der Waals surface area contributed by atoms with Crippen LogP contribution in [0.15, 0.2) is 16.8 Å². The van der Waals surface area contributed by atoms with Gasteiger partial charge in [-0.05, 0) is 62.7 Å². The van der Waals surface area contributed by atoms with Crippen molar-refractivity contribution in [3.05, 3.63) is 22.4 Å². The fourth-order valence-corrected chi connectivity index (χ4v) is 3.35. The molecule has 118 valence electrons. The predicted molar refractivity (Wildman–Crippen MR) is 88.4 cm³/mol. The molecule has 2 rings (SSSR count). The summed E-state index contributed by atoms with van der Waals surface area (Å²) in [5, 5.41) is 7.68. The first-order valence-corrected chi connectivity index (χ1v) is 8.77. The van der Waals surface area contributed by atoms with Crippen LogP contribution in [0.25, 0.3) is 0 Å². The molecule has 0 spiro atoms. The highest BCUT2D eigenvalue weighted by Crippen LogP contribution is 2.28. The summed E-state index contributed by atoms with van der Waals surface area (Å²) in [4.78, 5) is 16.8.